The molecule has 0 aliphatic carbocycles. The Kier molecular flexibility index (Phi) is 8.18. The molecular weight excluding hydrogens is 351 g/mol. The van der Waals surface area contributed by atoms with Crippen molar-refractivity contribution in [2.45, 2.75) is 31.9 Å². The van der Waals surface area contributed by atoms with E-state index in [2.05, 4.69) is 15.6 Å². The molecule has 2 rings (SSSR count). The molecule has 1 fully saturated rings. The zero-order valence-corrected chi connectivity index (χ0v) is 15.8. The van der Waals surface area contributed by atoms with Crippen LogP contribution in [0.4, 0.5) is 0 Å². The molecule has 0 unspecified atom stereocenters. The zero-order chi connectivity index (χ0) is 17.4. The Morgan fingerprint density at radius 2 is 2.12 bits per heavy atom. The fraction of sp³-hybridized carbons (Fsp3) is 0.688. The average Bonchev–Trinajstić information content (AvgIpc) is 2.85. The second-order valence-electron chi connectivity index (χ2n) is 5.72. The van der Waals surface area contributed by atoms with Crippen LogP contribution >= 0.6 is 23.2 Å². The average molecular weight is 377 g/mol. The number of guanidine groups is 1. The fourth-order valence-electron chi connectivity index (χ4n) is 2.53. The molecule has 2 N–H and O–H groups in total. The Balaban J connectivity index is 1.62. The smallest absolute Gasteiger partial charge is 0.191 e. The van der Waals surface area contributed by atoms with Crippen LogP contribution in [0.2, 0.25) is 10.2 Å². The molecule has 0 saturated carbocycles. The predicted octanol–water partition coefficient (Wildman–Crippen LogP) is 2.58. The van der Waals surface area contributed by atoms with E-state index in [1.165, 1.54) is 0 Å². The molecule has 0 aromatic carbocycles. The van der Waals surface area contributed by atoms with E-state index < -0.39 is 0 Å². The number of nitrogens with zero attached hydrogens (tertiary/aromatic N) is 2. The van der Waals surface area contributed by atoms with Crippen molar-refractivity contribution in [3.63, 3.8) is 0 Å². The summed E-state index contributed by atoms with van der Waals surface area (Å²) in [4.78, 5) is 4.21. The molecule has 0 amide bonds. The van der Waals surface area contributed by atoms with Gasteiger partial charge in [0.15, 0.2) is 5.96 Å². The molecular formula is C16H26Cl2N4O2. The molecule has 0 spiro atoms. The largest absolute Gasteiger partial charge is 0.381 e. The van der Waals surface area contributed by atoms with E-state index in [0.717, 1.165) is 57.3 Å². The molecule has 0 radical (unpaired) electrons. The second kappa shape index (κ2) is 10.1. The lowest BCUT2D eigenvalue weighted by Crippen LogP contribution is -2.38. The summed E-state index contributed by atoms with van der Waals surface area (Å²) in [7, 11) is 3.63. The molecule has 6 nitrogen and oxygen atoms in total. The number of hydrogen-bond donors (Lipinski definition) is 2. The van der Waals surface area contributed by atoms with Crippen molar-refractivity contribution >= 4 is 29.2 Å². The first kappa shape index (κ1) is 19.4. The first-order valence-electron chi connectivity index (χ1n) is 8.25. The molecule has 0 atom stereocenters. The van der Waals surface area contributed by atoms with Gasteiger partial charge < -0.3 is 24.7 Å². The highest BCUT2D eigenvalue weighted by molar-refractivity contribution is 6.41. The van der Waals surface area contributed by atoms with E-state index in [1.54, 1.807) is 7.05 Å². The zero-order valence-electron chi connectivity index (χ0n) is 14.3. The molecule has 24 heavy (non-hydrogen) atoms. The molecule has 2 heterocycles. The molecule has 0 bridgehead atoms. The molecule has 1 aromatic heterocycles. The van der Waals surface area contributed by atoms with E-state index in [0.29, 0.717) is 22.8 Å². The first-order valence-corrected chi connectivity index (χ1v) is 9.01. The minimum Gasteiger partial charge on any atom is -0.381 e. The van der Waals surface area contributed by atoms with Gasteiger partial charge in [0.05, 0.1) is 17.7 Å². The van der Waals surface area contributed by atoms with Crippen molar-refractivity contribution in [3.8, 4) is 0 Å². The third-order valence-electron chi connectivity index (χ3n) is 4.01. The first-order chi connectivity index (χ1) is 11.6. The van der Waals surface area contributed by atoms with Crippen molar-refractivity contribution in [1.29, 1.82) is 0 Å². The maximum atomic E-state index is 6.07. The lowest BCUT2D eigenvalue weighted by atomic mass is 10.1. The summed E-state index contributed by atoms with van der Waals surface area (Å²) in [6.45, 7) is 3.77. The Hall–Kier alpha value is -0.950. The van der Waals surface area contributed by atoms with E-state index in [4.69, 9.17) is 32.7 Å². The van der Waals surface area contributed by atoms with Gasteiger partial charge in [-0.25, -0.2) is 0 Å². The predicted molar refractivity (Wildman–Crippen MR) is 98.0 cm³/mol. The summed E-state index contributed by atoms with van der Waals surface area (Å²) in [5.41, 5.74) is 0.996. The van der Waals surface area contributed by atoms with Gasteiger partial charge in [0.1, 0.15) is 5.15 Å². The molecule has 1 aliphatic heterocycles. The second-order valence-corrected chi connectivity index (χ2v) is 6.49. The van der Waals surface area contributed by atoms with E-state index in [1.807, 2.05) is 17.7 Å². The molecule has 1 aliphatic rings. The number of ether oxygens (including phenoxy) is 2. The lowest BCUT2D eigenvalue weighted by Gasteiger charge is -2.22. The fourth-order valence-corrected chi connectivity index (χ4v) is 2.94. The third kappa shape index (κ3) is 5.84. The van der Waals surface area contributed by atoms with Crippen molar-refractivity contribution in [3.05, 3.63) is 21.9 Å². The number of aromatic nitrogens is 1. The number of nitrogens with one attached hydrogen (secondary N) is 2. The number of hydrogen-bond acceptors (Lipinski definition) is 3. The van der Waals surface area contributed by atoms with Crippen LogP contribution in [0.15, 0.2) is 11.1 Å². The summed E-state index contributed by atoms with van der Waals surface area (Å²) in [6.07, 6.45) is 3.28. The topological polar surface area (TPSA) is 59.8 Å². The minimum atomic E-state index is 0.350. The van der Waals surface area contributed by atoms with Crippen LogP contribution < -0.4 is 10.6 Å². The van der Waals surface area contributed by atoms with Crippen LogP contribution in [-0.4, -0.2) is 50.0 Å². The van der Waals surface area contributed by atoms with Crippen LogP contribution in [0.25, 0.3) is 0 Å². The van der Waals surface area contributed by atoms with Gasteiger partial charge in [0, 0.05) is 46.2 Å². The monoisotopic (exact) mass is 376 g/mol. The maximum Gasteiger partial charge on any atom is 0.191 e. The third-order valence-corrected chi connectivity index (χ3v) is 4.85. The number of aliphatic imine (C=N–C) groups is 1. The van der Waals surface area contributed by atoms with Gasteiger partial charge in [-0.1, -0.05) is 23.2 Å². The normalized spacial score (nSPS) is 16.4. The highest BCUT2D eigenvalue weighted by Gasteiger charge is 2.13. The molecule has 1 saturated heterocycles. The van der Waals surface area contributed by atoms with Gasteiger partial charge in [0.25, 0.3) is 0 Å². The lowest BCUT2D eigenvalue weighted by molar-refractivity contribution is -0.0320. The Labute approximate surface area is 153 Å². The van der Waals surface area contributed by atoms with Crippen molar-refractivity contribution in [1.82, 2.24) is 15.2 Å². The van der Waals surface area contributed by atoms with Crippen LogP contribution in [0, 0.1) is 0 Å². The highest BCUT2D eigenvalue weighted by Crippen LogP contribution is 2.24. The van der Waals surface area contributed by atoms with Gasteiger partial charge in [0.2, 0.25) is 0 Å². The Bertz CT molecular complexity index is 542. The summed E-state index contributed by atoms with van der Waals surface area (Å²) < 4.78 is 13.0. The van der Waals surface area contributed by atoms with Gasteiger partial charge in [-0.15, -0.1) is 0 Å². The quantitative estimate of drug-likeness (QED) is 0.436. The van der Waals surface area contributed by atoms with Crippen LogP contribution in [0.3, 0.4) is 0 Å². The van der Waals surface area contributed by atoms with Gasteiger partial charge in [-0.2, -0.15) is 0 Å². The van der Waals surface area contributed by atoms with Gasteiger partial charge in [-0.3, -0.25) is 4.99 Å². The summed E-state index contributed by atoms with van der Waals surface area (Å²) >= 11 is 12.1. The van der Waals surface area contributed by atoms with Crippen molar-refractivity contribution < 1.29 is 9.47 Å². The van der Waals surface area contributed by atoms with Gasteiger partial charge >= 0.3 is 0 Å². The van der Waals surface area contributed by atoms with E-state index in [-0.39, 0.29) is 0 Å². The van der Waals surface area contributed by atoms with Gasteiger partial charge in [-0.05, 0) is 25.3 Å². The number of halogens is 2. The Morgan fingerprint density at radius 3 is 2.75 bits per heavy atom. The van der Waals surface area contributed by atoms with Crippen LogP contribution in [-0.2, 0) is 23.1 Å². The summed E-state index contributed by atoms with van der Waals surface area (Å²) in [5.74, 6) is 0.745. The van der Waals surface area contributed by atoms with Crippen LogP contribution in [0.1, 0.15) is 25.0 Å². The maximum absolute atomic E-state index is 6.07. The summed E-state index contributed by atoms with van der Waals surface area (Å²) in [5, 5.41) is 7.63. The molecule has 136 valence electrons. The van der Waals surface area contributed by atoms with Crippen molar-refractivity contribution in [2.75, 3.05) is 33.4 Å². The summed E-state index contributed by atoms with van der Waals surface area (Å²) in [6, 6.07) is 1.85. The highest BCUT2D eigenvalue weighted by atomic mass is 35.5. The molecule has 8 heteroatoms. The van der Waals surface area contributed by atoms with E-state index in [9.17, 15) is 0 Å². The van der Waals surface area contributed by atoms with Crippen LogP contribution in [0.5, 0.6) is 0 Å². The molecule has 1 aromatic rings. The number of rotatable bonds is 7. The van der Waals surface area contributed by atoms with E-state index >= 15 is 0 Å². The minimum absolute atomic E-state index is 0.350. The SMILES string of the molecule is CN=C(NCCCOC1CCOCC1)NCc1cc(Cl)c(Cl)n1C. The Morgan fingerprint density at radius 1 is 1.38 bits per heavy atom. The van der Waals surface area contributed by atoms with Crippen molar-refractivity contribution in [2.24, 2.45) is 12.0 Å². The standard InChI is InChI=1S/C16H26Cl2N4O2/c1-19-16(21-11-12-10-14(17)15(18)22(12)2)20-6-3-7-24-13-4-8-23-9-5-13/h10,13H,3-9,11H2,1-2H3,(H2,19,20,21).